The van der Waals surface area contributed by atoms with Crippen molar-refractivity contribution < 1.29 is 0 Å². The Morgan fingerprint density at radius 3 is 1.67 bits per heavy atom. The van der Waals surface area contributed by atoms with Gasteiger partial charge in [-0.1, -0.05) is 27.7 Å². The molecule has 0 unspecified atom stereocenters. The fraction of sp³-hybridized carbons (Fsp3) is 1.00. The van der Waals surface area contributed by atoms with Crippen molar-refractivity contribution in [1.82, 2.24) is 5.32 Å². The van der Waals surface area contributed by atoms with Crippen molar-refractivity contribution in [3.63, 3.8) is 0 Å². The summed E-state index contributed by atoms with van der Waals surface area (Å²) in [4.78, 5) is 0. The molecule has 0 amide bonds. The molecule has 0 aliphatic heterocycles. The van der Waals surface area contributed by atoms with E-state index in [9.17, 15) is 0 Å². The van der Waals surface area contributed by atoms with Crippen molar-refractivity contribution in [2.75, 3.05) is 6.54 Å². The first-order chi connectivity index (χ1) is 5.15. The van der Waals surface area contributed by atoms with Gasteiger partial charge in [-0.3, -0.25) is 0 Å². The lowest BCUT2D eigenvalue weighted by Gasteiger charge is -2.33. The molecule has 1 nitrogen and oxygen atoms in total. The SMILES string of the molecule is CC(C)C(C)(C)CNC(C)(C)C. The van der Waals surface area contributed by atoms with Gasteiger partial charge in [-0.05, 0) is 32.1 Å². The molecule has 0 saturated carbocycles. The van der Waals surface area contributed by atoms with Gasteiger partial charge in [0, 0.05) is 12.1 Å². The lowest BCUT2D eigenvalue weighted by Crippen LogP contribution is -2.43. The first-order valence-corrected chi connectivity index (χ1v) is 4.90. The minimum Gasteiger partial charge on any atom is -0.312 e. The molecule has 0 rings (SSSR count). The molecule has 0 radical (unpaired) electrons. The van der Waals surface area contributed by atoms with Gasteiger partial charge >= 0.3 is 0 Å². The highest BCUT2D eigenvalue weighted by Gasteiger charge is 2.23. The van der Waals surface area contributed by atoms with Gasteiger partial charge in [-0.15, -0.1) is 0 Å². The molecule has 12 heavy (non-hydrogen) atoms. The zero-order valence-electron chi connectivity index (χ0n) is 9.78. The average molecular weight is 171 g/mol. The molecule has 0 aliphatic rings. The van der Waals surface area contributed by atoms with Crippen molar-refractivity contribution in [1.29, 1.82) is 0 Å². The summed E-state index contributed by atoms with van der Waals surface area (Å²) in [5.41, 5.74) is 0.638. The average Bonchev–Trinajstić information content (AvgIpc) is 1.82. The fourth-order valence-electron chi connectivity index (χ4n) is 0.697. The van der Waals surface area contributed by atoms with Crippen molar-refractivity contribution in [2.24, 2.45) is 11.3 Å². The second-order valence-corrected chi connectivity index (χ2v) is 5.75. The predicted molar refractivity (Wildman–Crippen MR) is 56.4 cm³/mol. The molecular weight excluding hydrogens is 146 g/mol. The molecule has 74 valence electrons. The number of nitrogens with one attached hydrogen (secondary N) is 1. The summed E-state index contributed by atoms with van der Waals surface area (Å²) in [6, 6.07) is 0. The van der Waals surface area contributed by atoms with Crippen molar-refractivity contribution >= 4 is 0 Å². The van der Waals surface area contributed by atoms with E-state index in [0.29, 0.717) is 5.41 Å². The highest BCUT2D eigenvalue weighted by Crippen LogP contribution is 2.25. The quantitative estimate of drug-likeness (QED) is 0.688. The Labute approximate surface area is 77.9 Å². The summed E-state index contributed by atoms with van der Waals surface area (Å²) in [5, 5.41) is 3.54. The molecule has 0 aliphatic carbocycles. The van der Waals surface area contributed by atoms with Crippen molar-refractivity contribution in [3.05, 3.63) is 0 Å². The highest BCUT2D eigenvalue weighted by atomic mass is 15.0. The Bertz CT molecular complexity index is 128. The summed E-state index contributed by atoms with van der Waals surface area (Å²) < 4.78 is 0. The minimum atomic E-state index is 0.242. The van der Waals surface area contributed by atoms with Gasteiger partial charge in [0.2, 0.25) is 0 Å². The third kappa shape index (κ3) is 4.76. The van der Waals surface area contributed by atoms with Gasteiger partial charge in [0.15, 0.2) is 0 Å². The van der Waals surface area contributed by atoms with E-state index in [4.69, 9.17) is 0 Å². The van der Waals surface area contributed by atoms with E-state index in [1.807, 2.05) is 0 Å². The molecule has 0 aromatic heterocycles. The minimum absolute atomic E-state index is 0.242. The Morgan fingerprint density at radius 2 is 1.42 bits per heavy atom. The van der Waals surface area contributed by atoms with Crippen LogP contribution in [0.15, 0.2) is 0 Å². The number of hydrogen-bond donors (Lipinski definition) is 1. The third-order valence-corrected chi connectivity index (χ3v) is 2.64. The van der Waals surface area contributed by atoms with E-state index in [1.165, 1.54) is 0 Å². The number of hydrogen-bond acceptors (Lipinski definition) is 1. The second-order valence-electron chi connectivity index (χ2n) is 5.75. The van der Waals surface area contributed by atoms with Crippen LogP contribution in [0, 0.1) is 11.3 Å². The van der Waals surface area contributed by atoms with Crippen LogP contribution in [-0.2, 0) is 0 Å². The topological polar surface area (TPSA) is 12.0 Å². The summed E-state index contributed by atoms with van der Waals surface area (Å²) >= 11 is 0. The van der Waals surface area contributed by atoms with E-state index < -0.39 is 0 Å². The Kier molecular flexibility index (Phi) is 3.77. The molecule has 0 saturated heterocycles. The fourth-order valence-corrected chi connectivity index (χ4v) is 0.697. The zero-order chi connectivity index (χ0) is 9.99. The predicted octanol–water partition coefficient (Wildman–Crippen LogP) is 3.06. The van der Waals surface area contributed by atoms with Crippen LogP contribution in [-0.4, -0.2) is 12.1 Å². The van der Waals surface area contributed by atoms with Crippen LogP contribution >= 0.6 is 0 Å². The van der Waals surface area contributed by atoms with E-state index >= 15 is 0 Å². The van der Waals surface area contributed by atoms with Crippen LogP contribution in [0.25, 0.3) is 0 Å². The van der Waals surface area contributed by atoms with E-state index in [1.54, 1.807) is 0 Å². The molecule has 0 aromatic rings. The van der Waals surface area contributed by atoms with Gasteiger partial charge in [-0.2, -0.15) is 0 Å². The smallest absolute Gasteiger partial charge is 0.00967 e. The largest absolute Gasteiger partial charge is 0.312 e. The van der Waals surface area contributed by atoms with E-state index in [2.05, 4.69) is 53.8 Å². The monoisotopic (exact) mass is 171 g/mol. The molecule has 0 bridgehead atoms. The first-order valence-electron chi connectivity index (χ1n) is 4.90. The molecule has 1 N–H and O–H groups in total. The van der Waals surface area contributed by atoms with Crippen LogP contribution in [0.3, 0.4) is 0 Å². The van der Waals surface area contributed by atoms with Crippen LogP contribution in [0.1, 0.15) is 48.5 Å². The van der Waals surface area contributed by atoms with E-state index in [-0.39, 0.29) is 5.54 Å². The van der Waals surface area contributed by atoms with Gasteiger partial charge in [0.1, 0.15) is 0 Å². The normalized spacial score (nSPS) is 14.0. The second kappa shape index (κ2) is 3.78. The van der Waals surface area contributed by atoms with Crippen molar-refractivity contribution in [2.45, 2.75) is 54.0 Å². The summed E-state index contributed by atoms with van der Waals surface area (Å²) in [7, 11) is 0. The van der Waals surface area contributed by atoms with Gasteiger partial charge in [-0.25, -0.2) is 0 Å². The van der Waals surface area contributed by atoms with Crippen LogP contribution < -0.4 is 5.32 Å². The Balaban J connectivity index is 3.93. The van der Waals surface area contributed by atoms with Gasteiger partial charge in [0.05, 0.1) is 0 Å². The molecule has 0 atom stereocenters. The highest BCUT2D eigenvalue weighted by molar-refractivity contribution is 4.79. The molecule has 0 spiro atoms. The maximum absolute atomic E-state index is 3.54. The summed E-state index contributed by atoms with van der Waals surface area (Å²) in [5.74, 6) is 0.729. The van der Waals surface area contributed by atoms with Crippen molar-refractivity contribution in [3.8, 4) is 0 Å². The first kappa shape index (κ1) is 12.0. The maximum atomic E-state index is 3.54. The molecule has 0 heterocycles. The van der Waals surface area contributed by atoms with Crippen LogP contribution in [0.4, 0.5) is 0 Å². The maximum Gasteiger partial charge on any atom is 0.00967 e. The van der Waals surface area contributed by atoms with Gasteiger partial charge < -0.3 is 5.32 Å². The summed E-state index contributed by atoms with van der Waals surface area (Å²) in [6.45, 7) is 16.9. The van der Waals surface area contributed by atoms with Crippen LogP contribution in [0.5, 0.6) is 0 Å². The van der Waals surface area contributed by atoms with Crippen LogP contribution in [0.2, 0.25) is 0 Å². The lowest BCUT2D eigenvalue weighted by atomic mass is 9.80. The molecule has 0 fully saturated rings. The van der Waals surface area contributed by atoms with Gasteiger partial charge in [0.25, 0.3) is 0 Å². The third-order valence-electron chi connectivity index (χ3n) is 2.64. The zero-order valence-corrected chi connectivity index (χ0v) is 9.78. The lowest BCUT2D eigenvalue weighted by molar-refractivity contribution is 0.214. The van der Waals surface area contributed by atoms with E-state index in [0.717, 1.165) is 12.5 Å². The standard InChI is InChI=1S/C11H25N/c1-9(2)11(6,7)8-12-10(3,4)5/h9,12H,8H2,1-7H3. The Hall–Kier alpha value is -0.0400. The molecule has 0 aromatic carbocycles. The summed E-state index contributed by atoms with van der Waals surface area (Å²) in [6.07, 6.45) is 0. The molecular formula is C11H25N. The Morgan fingerprint density at radius 1 is 1.00 bits per heavy atom. The number of rotatable bonds is 3. The molecule has 1 heteroatoms.